The molecule has 12 rings (SSSR count). The molecule has 8 heterocycles. The Bertz CT molecular complexity index is 4760. The molecule has 0 aliphatic rings. The van der Waals surface area contributed by atoms with Crippen LogP contribution in [0.3, 0.4) is 0 Å². The van der Waals surface area contributed by atoms with Gasteiger partial charge in [0.05, 0.1) is 104 Å². The van der Waals surface area contributed by atoms with Crippen molar-refractivity contribution < 1.29 is 48.3 Å². The van der Waals surface area contributed by atoms with Gasteiger partial charge in [0, 0.05) is 122 Å². The molecule has 0 unspecified atom stereocenters. The van der Waals surface area contributed by atoms with Crippen molar-refractivity contribution >= 4 is 153 Å². The first-order valence-corrected chi connectivity index (χ1v) is 32.1. The smallest absolute Gasteiger partial charge is 0.398 e. The normalized spacial score (nSPS) is 11.8. The molecule has 482 valence electrons. The molecular weight excluding hydrogens is 1270 g/mol. The van der Waals surface area contributed by atoms with E-state index in [1.807, 2.05) is 84.9 Å². The summed E-state index contributed by atoms with van der Waals surface area (Å²) < 4.78 is 48.7. The van der Waals surface area contributed by atoms with Crippen LogP contribution in [0.4, 0.5) is 13.2 Å². The van der Waals surface area contributed by atoms with Crippen molar-refractivity contribution in [2.45, 2.75) is 34.7 Å². The summed E-state index contributed by atoms with van der Waals surface area (Å²) >= 11 is 3.79. The third-order valence-corrected chi connectivity index (χ3v) is 17.4. The SMILES string of the molecule is CCN(CC)CCOc1cc(C=NO)nc2c1ccc1cccnc12.CN(C)C(=O)CSc1cc(C=NO)nc2c1ccc1cccnc12.COCCSc1cc(C=NO)nc2c1ccc1cccnc12.ON=Cc1cc(SCC(F)(F)F)c2ccc3cccnc3c2n1. The van der Waals surface area contributed by atoms with Crippen LogP contribution in [0.5, 0.6) is 5.75 Å². The van der Waals surface area contributed by atoms with Gasteiger partial charge in [0.25, 0.3) is 0 Å². The maximum absolute atomic E-state index is 12.5. The summed E-state index contributed by atoms with van der Waals surface area (Å²) in [6.45, 7) is 8.37. The zero-order valence-corrected chi connectivity index (χ0v) is 53.9. The molecular formula is C67H63F3N14O7S3. The van der Waals surface area contributed by atoms with Crippen LogP contribution >= 0.6 is 35.3 Å². The van der Waals surface area contributed by atoms with Crippen LogP contribution in [0, 0.1) is 0 Å². The minimum Gasteiger partial charge on any atom is -0.491 e. The van der Waals surface area contributed by atoms with E-state index >= 15 is 0 Å². The van der Waals surface area contributed by atoms with Gasteiger partial charge in [-0.15, -0.1) is 35.3 Å². The first kappa shape index (κ1) is 68.4. The highest BCUT2D eigenvalue weighted by atomic mass is 32.2. The highest BCUT2D eigenvalue weighted by Gasteiger charge is 2.28. The van der Waals surface area contributed by atoms with Gasteiger partial charge in [0.2, 0.25) is 5.91 Å². The zero-order chi connectivity index (χ0) is 66.6. The second-order valence-electron chi connectivity index (χ2n) is 20.5. The molecule has 0 atom stereocenters. The van der Waals surface area contributed by atoms with E-state index in [0.717, 1.165) is 118 Å². The van der Waals surface area contributed by atoms with Crippen LogP contribution in [0.25, 0.3) is 87.2 Å². The fraction of sp³-hybridized carbons (Fsp3) is 0.209. The number of ether oxygens (including phenoxy) is 2. The number of nitrogens with zero attached hydrogens (tertiary/aromatic N) is 14. The Morgan fingerprint density at radius 3 is 1.26 bits per heavy atom. The van der Waals surface area contributed by atoms with Gasteiger partial charge >= 0.3 is 6.18 Å². The molecule has 0 bridgehead atoms. The van der Waals surface area contributed by atoms with Crippen molar-refractivity contribution in [3.8, 4) is 5.75 Å². The predicted octanol–water partition coefficient (Wildman–Crippen LogP) is 13.7. The molecule has 0 fully saturated rings. The molecule has 0 saturated carbocycles. The number of carbonyl (C=O) groups excluding carboxylic acids is 1. The molecule has 27 heteroatoms. The number of halogens is 3. The molecule has 0 aliphatic heterocycles. The molecule has 0 radical (unpaired) electrons. The molecule has 8 aromatic heterocycles. The van der Waals surface area contributed by atoms with Crippen molar-refractivity contribution in [1.29, 1.82) is 0 Å². The largest absolute Gasteiger partial charge is 0.491 e. The van der Waals surface area contributed by atoms with Gasteiger partial charge in [-0.2, -0.15) is 13.2 Å². The highest BCUT2D eigenvalue weighted by Crippen LogP contribution is 2.37. The van der Waals surface area contributed by atoms with Crippen molar-refractivity contribution in [2.75, 3.05) is 71.3 Å². The van der Waals surface area contributed by atoms with E-state index in [-0.39, 0.29) is 11.6 Å². The van der Waals surface area contributed by atoms with Crippen LogP contribution in [-0.4, -0.2) is 179 Å². The van der Waals surface area contributed by atoms with E-state index in [0.29, 0.717) is 69.1 Å². The average Bonchev–Trinajstić information content (AvgIpc) is 0.827. The van der Waals surface area contributed by atoms with Crippen LogP contribution < -0.4 is 4.74 Å². The van der Waals surface area contributed by atoms with Crippen molar-refractivity contribution in [1.82, 2.24) is 49.7 Å². The summed E-state index contributed by atoms with van der Waals surface area (Å²) in [6, 6.07) is 37.9. The Morgan fingerprint density at radius 1 is 0.511 bits per heavy atom. The number of hydrogen-bond acceptors (Lipinski definition) is 23. The fourth-order valence-electron chi connectivity index (χ4n) is 9.73. The number of pyridine rings is 8. The van der Waals surface area contributed by atoms with Gasteiger partial charge in [-0.1, -0.05) is 101 Å². The monoisotopic (exact) mass is 1330 g/mol. The summed E-state index contributed by atoms with van der Waals surface area (Å²) in [5, 5.41) is 54.7. The molecule has 4 N–H and O–H groups in total. The lowest BCUT2D eigenvalue weighted by molar-refractivity contribution is -0.125. The predicted molar refractivity (Wildman–Crippen MR) is 368 cm³/mol. The Labute approximate surface area is 549 Å². The van der Waals surface area contributed by atoms with Gasteiger partial charge in [-0.25, -0.2) is 19.9 Å². The highest BCUT2D eigenvalue weighted by molar-refractivity contribution is 8.00. The molecule has 0 saturated heterocycles. The maximum atomic E-state index is 12.5. The molecule has 12 aromatic rings. The number of carbonyl (C=O) groups is 1. The Hall–Kier alpha value is -9.93. The number of rotatable bonds is 19. The Morgan fingerprint density at radius 2 is 0.883 bits per heavy atom. The topological polar surface area (TPSA) is 275 Å². The van der Waals surface area contributed by atoms with Crippen molar-refractivity contribution in [3.63, 3.8) is 0 Å². The van der Waals surface area contributed by atoms with Gasteiger partial charge in [-0.3, -0.25) is 24.7 Å². The number of hydrogen-bond donors (Lipinski definition) is 4. The lowest BCUT2D eigenvalue weighted by atomic mass is 10.1. The second-order valence-corrected chi connectivity index (χ2v) is 23.7. The summed E-state index contributed by atoms with van der Waals surface area (Å²) in [5.41, 5.74) is 7.71. The summed E-state index contributed by atoms with van der Waals surface area (Å²) in [6.07, 6.45) is 7.54. The minimum atomic E-state index is -4.28. The van der Waals surface area contributed by atoms with E-state index in [2.05, 4.69) is 85.3 Å². The second kappa shape index (κ2) is 33.1. The summed E-state index contributed by atoms with van der Waals surface area (Å²) in [5.74, 6) is 0.899. The quantitative estimate of drug-likeness (QED) is 0.0146. The Kier molecular flexibility index (Phi) is 24.1. The van der Waals surface area contributed by atoms with Crippen molar-refractivity contribution in [3.05, 3.63) is 169 Å². The number of oxime groups is 4. The number of thioether (sulfide) groups is 3. The molecule has 21 nitrogen and oxygen atoms in total. The third kappa shape index (κ3) is 17.4. The van der Waals surface area contributed by atoms with E-state index in [1.165, 1.54) is 36.5 Å². The fourth-order valence-corrected chi connectivity index (χ4v) is 12.6. The van der Waals surface area contributed by atoms with Crippen LogP contribution in [0.2, 0.25) is 0 Å². The number of amides is 1. The maximum Gasteiger partial charge on any atom is 0.398 e. The number of aromatic nitrogens is 8. The van der Waals surface area contributed by atoms with Crippen LogP contribution in [0.15, 0.2) is 181 Å². The number of methoxy groups -OCH3 is 1. The first-order valence-electron chi connectivity index (χ1n) is 29.1. The van der Waals surface area contributed by atoms with Crippen LogP contribution in [0.1, 0.15) is 36.6 Å². The molecule has 94 heavy (non-hydrogen) atoms. The molecule has 0 spiro atoms. The lowest BCUT2D eigenvalue weighted by Gasteiger charge is -2.18. The Balaban J connectivity index is 0.000000148. The molecule has 0 aliphatic carbocycles. The summed E-state index contributed by atoms with van der Waals surface area (Å²) in [7, 11) is 5.15. The standard InChI is InChI=1S/C19H22N4O2.C17H16N4O2S.C16H15N3O2S.C15H10F3N3OS/c1-3-23(4-2)10-11-25-17-12-15(13-21-24)22-19-16(17)8-7-14-6-5-9-20-18(14)19;1-21(2)15(22)10-24-14-8-12(9-19-23)20-17-13(14)6-5-11-4-3-7-18-16(11)17;1-21-7-8-22-14-9-12(10-18-20)19-16-13(14)5-4-11-3-2-6-17-15(11)16;16-15(17,18)8-23-12-6-10(7-20-22)21-14-11(12)4-3-9-2-1-5-19-13(9)14/h5-9,12-13,24H,3-4,10-11H2,1-2H3;3-9,23H,10H2,1-2H3;2-6,9-10,20H,7-8H2,1H3;1-7,22H,8H2. The lowest BCUT2D eigenvalue weighted by Crippen LogP contribution is -2.27. The number of alkyl halides is 3. The molecule has 1 amide bonds. The van der Waals surface area contributed by atoms with Gasteiger partial charge < -0.3 is 40.1 Å². The number of fused-ring (bicyclic) bond motifs is 12. The number of benzene rings is 4. The zero-order valence-electron chi connectivity index (χ0n) is 51.5. The van der Waals surface area contributed by atoms with Crippen molar-refractivity contribution in [2.24, 2.45) is 20.6 Å². The first-order chi connectivity index (χ1) is 45.7. The summed E-state index contributed by atoms with van der Waals surface area (Å²) in [4.78, 5) is 53.7. The van der Waals surface area contributed by atoms with Gasteiger partial charge in [0.1, 0.15) is 17.9 Å². The average molecular weight is 1330 g/mol. The van der Waals surface area contributed by atoms with E-state index in [4.69, 9.17) is 30.3 Å². The van der Waals surface area contributed by atoms with E-state index in [1.54, 1.807) is 86.9 Å². The van der Waals surface area contributed by atoms with Crippen LogP contribution in [-0.2, 0) is 9.53 Å². The minimum absolute atomic E-state index is 0.0289. The molecule has 4 aromatic carbocycles. The third-order valence-electron chi connectivity index (χ3n) is 14.2. The number of likely N-dealkylation sites (N-methyl/N-ethyl adjacent to an activating group) is 1. The van der Waals surface area contributed by atoms with E-state index in [9.17, 15) is 18.0 Å². The van der Waals surface area contributed by atoms with Gasteiger partial charge in [-0.05, 0) is 61.6 Å². The van der Waals surface area contributed by atoms with E-state index < -0.39 is 11.9 Å². The van der Waals surface area contributed by atoms with Gasteiger partial charge in [0.15, 0.2) is 0 Å².